The number of nitrogens with zero attached hydrogens (tertiary/aromatic N) is 1. The van der Waals surface area contributed by atoms with Crippen LogP contribution in [0, 0.1) is 18.6 Å². The van der Waals surface area contributed by atoms with Crippen LogP contribution in [0.3, 0.4) is 0 Å². The number of hydrogen-bond donors (Lipinski definition) is 0. The topological polar surface area (TPSA) is 25.5 Å². The third-order valence-corrected chi connectivity index (χ3v) is 3.25. The fourth-order valence-electron chi connectivity index (χ4n) is 1.62. The Morgan fingerprint density at radius 3 is 2.58 bits per heavy atom. The van der Waals surface area contributed by atoms with Gasteiger partial charge < -0.3 is 4.42 Å². The van der Waals surface area contributed by atoms with Crippen LogP contribution >= 0.6 is 11.9 Å². The molecule has 0 fully saturated rings. The average Bonchev–Trinajstić information content (AvgIpc) is 2.56. The number of fused-ring (bicyclic) bond motifs is 1. The molecular formula is C14H15F2NOS. The average molecular weight is 283 g/mol. The standard InChI is InChI=1S/C14H15F2NOS/c1-8-10-5-9(15)6-11(16)13(10)18-12(8)7-17-19-14(2,3)4/h5-7H,1-4H3/b17-7+. The summed E-state index contributed by atoms with van der Waals surface area (Å²) in [4.78, 5) is 0. The van der Waals surface area contributed by atoms with Gasteiger partial charge in [-0.05, 0) is 45.7 Å². The lowest BCUT2D eigenvalue weighted by Crippen LogP contribution is -2.04. The van der Waals surface area contributed by atoms with E-state index >= 15 is 0 Å². The lowest BCUT2D eigenvalue weighted by Gasteiger charge is -2.11. The molecule has 5 heteroatoms. The van der Waals surface area contributed by atoms with Gasteiger partial charge in [0.25, 0.3) is 0 Å². The summed E-state index contributed by atoms with van der Waals surface area (Å²) in [6.07, 6.45) is 1.54. The molecule has 0 saturated heterocycles. The molecule has 2 rings (SSSR count). The summed E-state index contributed by atoms with van der Waals surface area (Å²) in [5, 5.41) is 0.444. The molecule has 2 nitrogen and oxygen atoms in total. The Morgan fingerprint density at radius 2 is 1.95 bits per heavy atom. The molecule has 0 aliphatic carbocycles. The SMILES string of the molecule is Cc1c(/C=N/SC(C)(C)C)oc2c(F)cc(F)cc12. The molecule has 1 heterocycles. The molecule has 1 aromatic heterocycles. The van der Waals surface area contributed by atoms with Gasteiger partial charge in [-0.2, -0.15) is 0 Å². The van der Waals surface area contributed by atoms with E-state index in [2.05, 4.69) is 4.40 Å². The molecule has 102 valence electrons. The Morgan fingerprint density at radius 1 is 1.26 bits per heavy atom. The molecule has 0 atom stereocenters. The maximum Gasteiger partial charge on any atom is 0.170 e. The highest BCUT2D eigenvalue weighted by atomic mass is 32.2. The Labute approximate surface area is 115 Å². The summed E-state index contributed by atoms with van der Waals surface area (Å²) in [5.74, 6) is -0.848. The third kappa shape index (κ3) is 3.15. The Bertz CT molecular complexity index is 641. The fraction of sp³-hybridized carbons (Fsp3) is 0.357. The minimum Gasteiger partial charge on any atom is -0.452 e. The van der Waals surface area contributed by atoms with E-state index in [-0.39, 0.29) is 10.3 Å². The highest BCUT2D eigenvalue weighted by Crippen LogP contribution is 2.29. The molecule has 0 radical (unpaired) electrons. The molecule has 1 aromatic carbocycles. The van der Waals surface area contributed by atoms with E-state index in [1.165, 1.54) is 18.0 Å². The van der Waals surface area contributed by atoms with E-state index in [0.717, 1.165) is 6.07 Å². The molecule has 19 heavy (non-hydrogen) atoms. The summed E-state index contributed by atoms with van der Waals surface area (Å²) in [6, 6.07) is 2.08. The summed E-state index contributed by atoms with van der Waals surface area (Å²) in [6.45, 7) is 7.87. The minimum absolute atomic E-state index is 0.00617. The highest BCUT2D eigenvalue weighted by Gasteiger charge is 2.15. The normalized spacial score (nSPS) is 12.7. The second-order valence-electron chi connectivity index (χ2n) is 5.29. The first-order valence-corrected chi connectivity index (χ1v) is 6.65. The Kier molecular flexibility index (Phi) is 3.67. The van der Waals surface area contributed by atoms with Crippen molar-refractivity contribution in [2.75, 3.05) is 0 Å². The maximum atomic E-state index is 13.6. The first-order valence-electron chi connectivity index (χ1n) is 5.87. The van der Waals surface area contributed by atoms with Gasteiger partial charge >= 0.3 is 0 Å². The van der Waals surface area contributed by atoms with Crippen molar-refractivity contribution in [1.29, 1.82) is 0 Å². The van der Waals surface area contributed by atoms with Crippen molar-refractivity contribution in [3.63, 3.8) is 0 Å². The molecule has 0 aliphatic rings. The molecule has 0 N–H and O–H groups in total. The number of hydrogen-bond acceptors (Lipinski definition) is 3. The second kappa shape index (κ2) is 4.96. The molecule has 0 saturated carbocycles. The van der Waals surface area contributed by atoms with E-state index in [1.807, 2.05) is 20.8 Å². The van der Waals surface area contributed by atoms with Crippen molar-refractivity contribution in [3.05, 3.63) is 35.1 Å². The Hall–Kier alpha value is -1.36. The summed E-state index contributed by atoms with van der Waals surface area (Å²) in [7, 11) is 0. The van der Waals surface area contributed by atoms with Gasteiger partial charge in [-0.3, -0.25) is 0 Å². The van der Waals surface area contributed by atoms with Crippen LogP contribution in [0.2, 0.25) is 0 Å². The minimum atomic E-state index is -0.693. The lowest BCUT2D eigenvalue weighted by atomic mass is 10.1. The van der Waals surface area contributed by atoms with Crippen LogP contribution in [0.1, 0.15) is 32.1 Å². The van der Waals surface area contributed by atoms with Gasteiger partial charge in [0.2, 0.25) is 0 Å². The number of aryl methyl sites for hydroxylation is 1. The van der Waals surface area contributed by atoms with Crippen molar-refractivity contribution in [1.82, 2.24) is 0 Å². The first kappa shape index (κ1) is 14.1. The molecule has 0 amide bonds. The van der Waals surface area contributed by atoms with Crippen LogP contribution in [0.5, 0.6) is 0 Å². The van der Waals surface area contributed by atoms with Gasteiger partial charge in [-0.25, -0.2) is 13.2 Å². The van der Waals surface area contributed by atoms with Crippen LogP contribution in [0.4, 0.5) is 8.78 Å². The summed E-state index contributed by atoms with van der Waals surface area (Å²) in [5.41, 5.74) is 0.757. The van der Waals surface area contributed by atoms with Crippen LogP contribution in [0.25, 0.3) is 11.0 Å². The first-order chi connectivity index (χ1) is 8.78. The van der Waals surface area contributed by atoms with Gasteiger partial charge in [0.1, 0.15) is 11.6 Å². The maximum absolute atomic E-state index is 13.6. The van der Waals surface area contributed by atoms with Gasteiger partial charge in [-0.15, -0.1) is 0 Å². The van der Waals surface area contributed by atoms with Crippen LogP contribution in [-0.2, 0) is 0 Å². The number of furan rings is 1. The van der Waals surface area contributed by atoms with Crippen molar-refractivity contribution in [3.8, 4) is 0 Å². The molecule has 2 aromatic rings. The monoisotopic (exact) mass is 283 g/mol. The van der Waals surface area contributed by atoms with Crippen molar-refractivity contribution >= 4 is 29.1 Å². The zero-order valence-electron chi connectivity index (χ0n) is 11.3. The van der Waals surface area contributed by atoms with Gasteiger partial charge in [0, 0.05) is 21.8 Å². The van der Waals surface area contributed by atoms with Crippen LogP contribution in [-0.4, -0.2) is 11.0 Å². The molecule has 0 spiro atoms. The Balaban J connectivity index is 2.40. The molecule has 0 aliphatic heterocycles. The zero-order valence-corrected chi connectivity index (χ0v) is 12.1. The summed E-state index contributed by atoms with van der Waals surface area (Å²) >= 11 is 1.40. The van der Waals surface area contributed by atoms with Crippen LogP contribution in [0.15, 0.2) is 20.9 Å². The van der Waals surface area contributed by atoms with Crippen molar-refractivity contribution < 1.29 is 13.2 Å². The second-order valence-corrected chi connectivity index (χ2v) is 6.91. The van der Waals surface area contributed by atoms with E-state index in [9.17, 15) is 8.78 Å². The number of rotatable bonds is 2. The van der Waals surface area contributed by atoms with Gasteiger partial charge in [0.05, 0.1) is 6.21 Å². The summed E-state index contributed by atoms with van der Waals surface area (Å²) < 4.78 is 36.3. The predicted octanol–water partition coefficient (Wildman–Crippen LogP) is 4.89. The largest absolute Gasteiger partial charge is 0.452 e. The molecule has 0 bridgehead atoms. The fourth-order valence-corrected chi connectivity index (χ4v) is 2.08. The van der Waals surface area contributed by atoms with E-state index in [1.54, 1.807) is 13.1 Å². The lowest BCUT2D eigenvalue weighted by molar-refractivity contribution is 0.543. The highest BCUT2D eigenvalue weighted by molar-refractivity contribution is 7.99. The predicted molar refractivity (Wildman–Crippen MR) is 75.8 cm³/mol. The van der Waals surface area contributed by atoms with Crippen LogP contribution < -0.4 is 0 Å². The van der Waals surface area contributed by atoms with E-state index < -0.39 is 11.6 Å². The zero-order chi connectivity index (χ0) is 14.2. The quantitative estimate of drug-likeness (QED) is 0.579. The molecule has 0 unspecified atom stereocenters. The van der Waals surface area contributed by atoms with E-state index in [4.69, 9.17) is 4.42 Å². The number of halogens is 2. The van der Waals surface area contributed by atoms with Crippen molar-refractivity contribution in [2.45, 2.75) is 32.4 Å². The smallest absolute Gasteiger partial charge is 0.170 e. The van der Waals surface area contributed by atoms with Crippen molar-refractivity contribution in [2.24, 2.45) is 4.40 Å². The van der Waals surface area contributed by atoms with E-state index in [0.29, 0.717) is 16.7 Å². The molecular weight excluding hydrogens is 268 g/mol. The number of benzene rings is 1. The van der Waals surface area contributed by atoms with Gasteiger partial charge in [-0.1, -0.05) is 0 Å². The third-order valence-electron chi connectivity index (χ3n) is 2.49. The van der Waals surface area contributed by atoms with Gasteiger partial charge in [0.15, 0.2) is 11.4 Å².